The van der Waals surface area contributed by atoms with E-state index in [0.717, 1.165) is 18.4 Å². The number of hydrogen-bond donors (Lipinski definition) is 2. The van der Waals surface area contributed by atoms with Gasteiger partial charge in [-0.1, -0.05) is 85.2 Å². The average Bonchev–Trinajstić information content (AvgIpc) is 1.97. The molecule has 0 bridgehead atoms. The SMILES string of the molecule is CC[C@H](C)[C@@H]([C@@H](CC(=O)N1CCC[C@H]1[C@H](OC)[C@@H](C)C(=O)N[C@@]1(C(=O)N2CCCCO2)C[C@@H]1c1ccccc1)OC)N(C)C(=O)[C@@H](NC(=O)[C@H](C(C)C)N(C)CCCC(=O)OC1CCN(C(=O)CCCC(=O)ON2C(=O)CCC2=O)CC1)C(C)C. The summed E-state index contributed by atoms with van der Waals surface area (Å²) >= 11 is 0. The van der Waals surface area contributed by atoms with Crippen LogP contribution >= 0.6 is 0 Å². The van der Waals surface area contributed by atoms with Crippen LogP contribution in [0.5, 0.6) is 0 Å². The smallest absolute Gasteiger partial charge is 0.333 e. The summed E-state index contributed by atoms with van der Waals surface area (Å²) < 4.78 is 18.0. The first kappa shape index (κ1) is 68.1. The first-order valence-corrected chi connectivity index (χ1v) is 31.0. The molecule has 0 radical (unpaired) electrons. The molecule has 4 saturated heterocycles. The van der Waals surface area contributed by atoms with Gasteiger partial charge >= 0.3 is 11.9 Å². The summed E-state index contributed by atoms with van der Waals surface area (Å²) in [6, 6.07) is 7.09. The van der Waals surface area contributed by atoms with Crippen LogP contribution in [0.3, 0.4) is 0 Å². The van der Waals surface area contributed by atoms with E-state index in [9.17, 15) is 47.9 Å². The van der Waals surface area contributed by atoms with Crippen LogP contribution in [-0.4, -0.2) is 205 Å². The normalized spacial score (nSPS) is 22.6. The number of rotatable bonds is 30. The number of imide groups is 1. The van der Waals surface area contributed by atoms with Crippen molar-refractivity contribution in [2.75, 3.05) is 67.6 Å². The number of esters is 1. The Hall–Kier alpha value is -6.04. The molecule has 23 heteroatoms. The van der Waals surface area contributed by atoms with Gasteiger partial charge in [0, 0.05) is 98.3 Å². The van der Waals surface area contributed by atoms with Gasteiger partial charge in [0.25, 0.3) is 17.7 Å². The molecule has 2 N–H and O–H groups in total. The third-order valence-electron chi connectivity index (χ3n) is 17.9. The number of piperidine rings is 1. The van der Waals surface area contributed by atoms with Gasteiger partial charge in [0.2, 0.25) is 29.5 Å². The van der Waals surface area contributed by atoms with Crippen LogP contribution in [0, 0.1) is 23.7 Å². The van der Waals surface area contributed by atoms with Crippen molar-refractivity contribution >= 4 is 59.2 Å². The van der Waals surface area contributed by atoms with Gasteiger partial charge in [-0.25, -0.2) is 9.86 Å². The second-order valence-corrected chi connectivity index (χ2v) is 24.6. The Morgan fingerprint density at radius 2 is 1.44 bits per heavy atom. The largest absolute Gasteiger partial charge is 0.462 e. The fourth-order valence-electron chi connectivity index (χ4n) is 12.8. The average molecular weight is 1190 g/mol. The minimum atomic E-state index is -1.18. The monoisotopic (exact) mass is 1190 g/mol. The van der Waals surface area contributed by atoms with E-state index in [0.29, 0.717) is 89.3 Å². The Bertz CT molecular complexity index is 2470. The van der Waals surface area contributed by atoms with E-state index in [1.54, 1.807) is 28.7 Å². The highest BCUT2D eigenvalue weighted by molar-refractivity contribution is 6.01. The van der Waals surface area contributed by atoms with Crippen molar-refractivity contribution < 1.29 is 71.8 Å². The summed E-state index contributed by atoms with van der Waals surface area (Å²) in [6.45, 7) is 15.8. The lowest BCUT2D eigenvalue weighted by molar-refractivity contribution is -0.200. The van der Waals surface area contributed by atoms with Crippen molar-refractivity contribution in [1.29, 1.82) is 0 Å². The summed E-state index contributed by atoms with van der Waals surface area (Å²) in [5, 5.41) is 8.12. The minimum absolute atomic E-state index is 0.00306. The van der Waals surface area contributed by atoms with Crippen LogP contribution < -0.4 is 10.6 Å². The number of carbonyl (C=O) groups excluding carboxylic acids is 10. The lowest BCUT2D eigenvalue weighted by atomic mass is 9.89. The topological polar surface area (TPSA) is 260 Å². The van der Waals surface area contributed by atoms with Crippen molar-refractivity contribution in [2.45, 2.75) is 205 Å². The molecule has 10 atom stereocenters. The Labute approximate surface area is 502 Å². The molecule has 1 aromatic rings. The zero-order valence-electron chi connectivity index (χ0n) is 52.2. The molecule has 1 saturated carbocycles. The molecule has 474 valence electrons. The predicted molar refractivity (Wildman–Crippen MR) is 312 cm³/mol. The Balaban J connectivity index is 0.996. The molecule has 0 aromatic heterocycles. The molecular formula is C62H96N8O15. The summed E-state index contributed by atoms with van der Waals surface area (Å²) in [5.74, 6) is -5.51. The number of nitrogens with one attached hydrogen (secondary N) is 2. The first-order chi connectivity index (χ1) is 40.5. The molecule has 5 aliphatic rings. The maximum Gasteiger partial charge on any atom is 0.333 e. The highest BCUT2D eigenvalue weighted by Crippen LogP contribution is 2.53. The quantitative estimate of drug-likeness (QED) is 0.0782. The third-order valence-corrected chi connectivity index (χ3v) is 17.9. The highest BCUT2D eigenvalue weighted by atomic mass is 16.7. The van der Waals surface area contributed by atoms with E-state index < -0.39 is 65.6 Å². The fraction of sp³-hybridized carbons (Fsp3) is 0.742. The van der Waals surface area contributed by atoms with Gasteiger partial charge in [-0.3, -0.25) is 52.9 Å². The van der Waals surface area contributed by atoms with E-state index in [1.165, 1.54) is 19.3 Å². The number of hydrogen-bond acceptors (Lipinski definition) is 16. The second-order valence-electron chi connectivity index (χ2n) is 24.6. The molecule has 6 rings (SSSR count). The van der Waals surface area contributed by atoms with Gasteiger partial charge in [0.15, 0.2) is 0 Å². The highest BCUT2D eigenvalue weighted by Gasteiger charge is 2.64. The molecule has 85 heavy (non-hydrogen) atoms. The van der Waals surface area contributed by atoms with Gasteiger partial charge in [0.1, 0.15) is 17.7 Å². The molecule has 4 heterocycles. The molecule has 1 aliphatic carbocycles. The van der Waals surface area contributed by atoms with Crippen molar-refractivity contribution in [3.63, 3.8) is 0 Å². The molecule has 8 amide bonds. The van der Waals surface area contributed by atoms with Gasteiger partial charge in [-0.2, -0.15) is 0 Å². The summed E-state index contributed by atoms with van der Waals surface area (Å²) in [7, 11) is 6.58. The number of amides is 8. The van der Waals surface area contributed by atoms with Crippen LogP contribution in [0.1, 0.15) is 163 Å². The van der Waals surface area contributed by atoms with E-state index in [-0.39, 0.29) is 116 Å². The molecule has 1 aromatic carbocycles. The molecule has 5 fully saturated rings. The molecule has 23 nitrogen and oxygen atoms in total. The number of methoxy groups -OCH3 is 2. The Kier molecular flexibility index (Phi) is 25.3. The number of ether oxygens (including phenoxy) is 3. The first-order valence-electron chi connectivity index (χ1n) is 31.0. The molecule has 0 spiro atoms. The van der Waals surface area contributed by atoms with Crippen molar-refractivity contribution in [3.8, 4) is 0 Å². The summed E-state index contributed by atoms with van der Waals surface area (Å²) in [4.78, 5) is 151. The molecule has 0 unspecified atom stereocenters. The third kappa shape index (κ3) is 17.4. The van der Waals surface area contributed by atoms with Crippen LogP contribution in [0.25, 0.3) is 0 Å². The summed E-state index contributed by atoms with van der Waals surface area (Å²) in [6.07, 6.45) is 3.72. The zero-order valence-corrected chi connectivity index (χ0v) is 52.2. The van der Waals surface area contributed by atoms with Crippen LogP contribution in [0.15, 0.2) is 30.3 Å². The van der Waals surface area contributed by atoms with E-state index in [1.807, 2.05) is 83.8 Å². The number of benzene rings is 1. The maximum absolute atomic E-state index is 14.8. The molecule has 4 aliphatic heterocycles. The number of nitrogens with zero attached hydrogens (tertiary/aromatic N) is 6. The number of hydroxylamine groups is 4. The predicted octanol–water partition coefficient (Wildman–Crippen LogP) is 4.69. The van der Waals surface area contributed by atoms with Gasteiger partial charge in [-0.05, 0) is 81.9 Å². The van der Waals surface area contributed by atoms with Crippen LogP contribution in [0.2, 0.25) is 0 Å². The Morgan fingerprint density at radius 1 is 0.765 bits per heavy atom. The molecular weight excluding hydrogens is 1100 g/mol. The second kappa shape index (κ2) is 31.6. The Morgan fingerprint density at radius 3 is 2.04 bits per heavy atom. The van der Waals surface area contributed by atoms with E-state index >= 15 is 0 Å². The van der Waals surface area contributed by atoms with Crippen LogP contribution in [-0.2, 0) is 71.8 Å². The zero-order chi connectivity index (χ0) is 62.3. The lowest BCUT2D eigenvalue weighted by Crippen LogP contribution is -2.60. The van der Waals surface area contributed by atoms with Crippen molar-refractivity contribution in [2.24, 2.45) is 23.7 Å². The van der Waals surface area contributed by atoms with E-state index in [2.05, 4.69) is 10.6 Å². The van der Waals surface area contributed by atoms with Gasteiger partial charge < -0.3 is 44.4 Å². The van der Waals surface area contributed by atoms with Crippen LogP contribution in [0.4, 0.5) is 0 Å². The van der Waals surface area contributed by atoms with Crippen molar-refractivity contribution in [3.05, 3.63) is 35.9 Å². The summed E-state index contributed by atoms with van der Waals surface area (Å²) in [5.41, 5.74) is -0.226. The lowest BCUT2D eigenvalue weighted by Gasteiger charge is -2.41. The maximum atomic E-state index is 14.8. The van der Waals surface area contributed by atoms with Gasteiger partial charge in [-0.15, -0.1) is 5.06 Å². The fourth-order valence-corrected chi connectivity index (χ4v) is 12.8. The van der Waals surface area contributed by atoms with E-state index in [4.69, 9.17) is 23.9 Å². The number of carbonyl (C=O) groups is 10. The van der Waals surface area contributed by atoms with Crippen molar-refractivity contribution in [1.82, 2.24) is 40.4 Å². The number of likely N-dealkylation sites (N-methyl/N-ethyl adjacent to an activating group) is 2. The minimum Gasteiger partial charge on any atom is -0.462 e. The number of likely N-dealkylation sites (tertiary alicyclic amines) is 2. The standard InChI is InChI=1S/C62H96N8O15/c1-12-41(6)56(47(81-10)37-51(74)68-32-19-23-46(68)57(82-11)42(7)58(77)64-62(61(80)69-33-16-17-36-83-69)38-45(62)43-21-14-13-15-22-43)66(9)60(79)54(39(2)3)63-59(78)55(40(4)5)65(8)31-20-26-52(75)84-44-29-34-67(35-30-44)48(71)24-18-25-53(76)85-70-49(72)27-28-50(70)73/h13-15,21-22,39-42,44-47,54-57H,12,16-20,23-38H2,1-11H3,(H,63,78)(H,64,77)/t41-,42+,45+,46-,47+,54-,55-,56-,57+,62-/m0/s1. The van der Waals surface area contributed by atoms with Gasteiger partial charge in [0.05, 0.1) is 49.3 Å².